The van der Waals surface area contributed by atoms with Gasteiger partial charge in [0, 0.05) is 42.3 Å². The molecule has 0 unspecified atom stereocenters. The first-order valence-corrected chi connectivity index (χ1v) is 11.9. The summed E-state index contributed by atoms with van der Waals surface area (Å²) in [5.74, 6) is -0.361. The predicted octanol–water partition coefficient (Wildman–Crippen LogP) is 5.27. The van der Waals surface area contributed by atoms with Crippen LogP contribution < -0.4 is 10.2 Å². The third kappa shape index (κ3) is 5.55. The van der Waals surface area contributed by atoms with Crippen molar-refractivity contribution in [2.45, 2.75) is 6.18 Å². The highest BCUT2D eigenvalue weighted by Gasteiger charge is 2.36. The predicted molar refractivity (Wildman–Crippen MR) is 141 cm³/mol. The molecule has 5 rings (SSSR count). The van der Waals surface area contributed by atoms with Crippen LogP contribution in [-0.4, -0.2) is 43.6 Å². The fourth-order valence-electron chi connectivity index (χ4n) is 3.85. The molecule has 1 aromatic carbocycles. The van der Waals surface area contributed by atoms with Gasteiger partial charge in [-0.3, -0.25) is 19.5 Å². The van der Waals surface area contributed by atoms with Crippen molar-refractivity contribution < 1.29 is 22.8 Å². The first kappa shape index (κ1) is 26.2. The highest BCUT2D eigenvalue weighted by molar-refractivity contribution is 6.09. The van der Waals surface area contributed by atoms with Gasteiger partial charge < -0.3 is 5.32 Å². The van der Waals surface area contributed by atoms with E-state index in [0.29, 0.717) is 11.4 Å². The van der Waals surface area contributed by atoms with Crippen LogP contribution >= 0.6 is 0 Å². The van der Waals surface area contributed by atoms with Crippen molar-refractivity contribution in [3.05, 3.63) is 114 Å². The standard InChI is InChI=1S/C28H20F3N7O2/c1-37(25-9-2-3-13-33-25)27(40)19-7-4-6-18(14-19)26(39)35-24-11-10-21(17-34-24)38-23(28(29,30)31)15-22(36-38)20-8-5-12-32-16-20/h2-17H,1H3,(H,34,35,39). The molecule has 0 bridgehead atoms. The quantitative estimate of drug-likeness (QED) is 0.313. The van der Waals surface area contributed by atoms with Gasteiger partial charge in [-0.05, 0) is 60.7 Å². The molecule has 0 atom stereocenters. The van der Waals surface area contributed by atoms with E-state index < -0.39 is 17.8 Å². The van der Waals surface area contributed by atoms with Gasteiger partial charge in [0.25, 0.3) is 11.8 Å². The van der Waals surface area contributed by atoms with Crippen LogP contribution in [0, 0.1) is 0 Å². The van der Waals surface area contributed by atoms with Crippen LogP contribution in [0.3, 0.4) is 0 Å². The Morgan fingerprint density at radius 3 is 2.38 bits per heavy atom. The number of aromatic nitrogens is 5. The topological polar surface area (TPSA) is 106 Å². The molecule has 5 aromatic rings. The molecule has 4 heterocycles. The van der Waals surface area contributed by atoms with E-state index >= 15 is 0 Å². The van der Waals surface area contributed by atoms with Gasteiger partial charge in [0.1, 0.15) is 17.3 Å². The molecule has 12 heteroatoms. The van der Waals surface area contributed by atoms with Gasteiger partial charge in [0.05, 0.1) is 17.6 Å². The molecule has 0 aliphatic heterocycles. The zero-order valence-corrected chi connectivity index (χ0v) is 20.9. The normalized spacial score (nSPS) is 11.2. The van der Waals surface area contributed by atoms with Crippen molar-refractivity contribution in [1.29, 1.82) is 0 Å². The number of hydrogen-bond donors (Lipinski definition) is 1. The first-order valence-electron chi connectivity index (χ1n) is 11.9. The van der Waals surface area contributed by atoms with Gasteiger partial charge in [-0.25, -0.2) is 14.6 Å². The largest absolute Gasteiger partial charge is 0.433 e. The van der Waals surface area contributed by atoms with E-state index in [-0.39, 0.29) is 34.2 Å². The van der Waals surface area contributed by atoms with E-state index in [2.05, 4.69) is 25.4 Å². The molecule has 0 aliphatic carbocycles. The van der Waals surface area contributed by atoms with Crippen LogP contribution in [0.2, 0.25) is 0 Å². The number of rotatable bonds is 6. The molecule has 4 aromatic heterocycles. The van der Waals surface area contributed by atoms with E-state index in [0.717, 1.165) is 10.7 Å². The van der Waals surface area contributed by atoms with Gasteiger partial charge in [-0.2, -0.15) is 18.3 Å². The fraction of sp³-hybridized carbons (Fsp3) is 0.0714. The molecule has 0 aliphatic rings. The number of halogens is 3. The van der Waals surface area contributed by atoms with Crippen LogP contribution in [0.1, 0.15) is 26.4 Å². The molecule has 0 fully saturated rings. The Morgan fingerprint density at radius 2 is 1.70 bits per heavy atom. The Labute approximate surface area is 226 Å². The summed E-state index contributed by atoms with van der Waals surface area (Å²) < 4.78 is 42.0. The average Bonchev–Trinajstić information content (AvgIpc) is 3.44. The number of nitrogens with one attached hydrogen (secondary N) is 1. The van der Waals surface area contributed by atoms with Crippen molar-refractivity contribution in [3.63, 3.8) is 0 Å². The molecule has 9 nitrogen and oxygen atoms in total. The second-order valence-electron chi connectivity index (χ2n) is 8.55. The molecular formula is C28H20F3N7O2. The number of nitrogens with zero attached hydrogens (tertiary/aromatic N) is 6. The summed E-state index contributed by atoms with van der Waals surface area (Å²) in [6.07, 6.45) is 0.997. The number of benzene rings is 1. The van der Waals surface area contributed by atoms with Gasteiger partial charge in [-0.15, -0.1) is 0 Å². The Balaban J connectivity index is 1.34. The van der Waals surface area contributed by atoms with Crippen LogP contribution in [0.5, 0.6) is 0 Å². The third-order valence-electron chi connectivity index (χ3n) is 5.86. The molecule has 0 spiro atoms. The molecule has 1 N–H and O–H groups in total. The number of carbonyl (C=O) groups excluding carboxylic acids is 2. The van der Waals surface area contributed by atoms with Crippen LogP contribution in [0.25, 0.3) is 16.9 Å². The van der Waals surface area contributed by atoms with Crippen molar-refractivity contribution in [1.82, 2.24) is 24.7 Å². The molecule has 0 saturated carbocycles. The molecule has 200 valence electrons. The zero-order valence-electron chi connectivity index (χ0n) is 20.9. The molecule has 2 amide bonds. The van der Waals surface area contributed by atoms with Crippen LogP contribution in [-0.2, 0) is 6.18 Å². The lowest BCUT2D eigenvalue weighted by Gasteiger charge is -2.16. The summed E-state index contributed by atoms with van der Waals surface area (Å²) in [6.45, 7) is 0. The number of carbonyl (C=O) groups is 2. The SMILES string of the molecule is CN(C(=O)c1cccc(C(=O)Nc2ccc(-n3nc(-c4cccnc4)cc3C(F)(F)F)cn2)c1)c1ccccn1. The number of alkyl halides is 3. The van der Waals surface area contributed by atoms with E-state index in [1.165, 1.54) is 47.8 Å². The summed E-state index contributed by atoms with van der Waals surface area (Å²) in [5.41, 5.74) is 0.0507. The summed E-state index contributed by atoms with van der Waals surface area (Å²) in [7, 11) is 1.58. The zero-order chi connectivity index (χ0) is 28.3. The smallest absolute Gasteiger partial charge is 0.307 e. The average molecular weight is 544 g/mol. The lowest BCUT2D eigenvalue weighted by atomic mass is 10.1. The minimum Gasteiger partial charge on any atom is -0.307 e. The lowest BCUT2D eigenvalue weighted by molar-refractivity contribution is -0.142. The summed E-state index contributed by atoms with van der Waals surface area (Å²) in [6, 6.07) is 18.2. The number of anilines is 2. The van der Waals surface area contributed by atoms with Gasteiger partial charge >= 0.3 is 6.18 Å². The van der Waals surface area contributed by atoms with Crippen molar-refractivity contribution >= 4 is 23.5 Å². The number of hydrogen-bond acceptors (Lipinski definition) is 6. The second-order valence-corrected chi connectivity index (χ2v) is 8.55. The maximum Gasteiger partial charge on any atom is 0.433 e. The van der Waals surface area contributed by atoms with Crippen molar-refractivity contribution in [2.24, 2.45) is 0 Å². The van der Waals surface area contributed by atoms with E-state index in [4.69, 9.17) is 0 Å². The maximum absolute atomic E-state index is 13.8. The molecule has 0 saturated heterocycles. The summed E-state index contributed by atoms with van der Waals surface area (Å²) >= 11 is 0. The third-order valence-corrected chi connectivity index (χ3v) is 5.86. The van der Waals surface area contributed by atoms with Crippen LogP contribution in [0.4, 0.5) is 24.8 Å². The number of amides is 2. The van der Waals surface area contributed by atoms with Gasteiger partial charge in [0.2, 0.25) is 0 Å². The maximum atomic E-state index is 13.8. The van der Waals surface area contributed by atoms with Gasteiger partial charge in [0.15, 0.2) is 0 Å². The minimum absolute atomic E-state index is 0.0469. The fourth-order valence-corrected chi connectivity index (χ4v) is 3.85. The highest BCUT2D eigenvalue weighted by Crippen LogP contribution is 2.34. The monoisotopic (exact) mass is 543 g/mol. The minimum atomic E-state index is -4.67. The Bertz CT molecular complexity index is 1660. The van der Waals surface area contributed by atoms with Crippen molar-refractivity contribution in [3.8, 4) is 16.9 Å². The Kier molecular flexibility index (Phi) is 7.06. The van der Waals surface area contributed by atoms with Crippen LogP contribution in [0.15, 0.2) is 97.6 Å². The van der Waals surface area contributed by atoms with Crippen molar-refractivity contribution in [2.75, 3.05) is 17.3 Å². The van der Waals surface area contributed by atoms with E-state index in [1.807, 2.05) is 0 Å². The highest BCUT2D eigenvalue weighted by atomic mass is 19.4. The number of pyridine rings is 3. The second kappa shape index (κ2) is 10.8. The van der Waals surface area contributed by atoms with E-state index in [9.17, 15) is 22.8 Å². The summed E-state index contributed by atoms with van der Waals surface area (Å²) in [4.78, 5) is 39.3. The Morgan fingerprint density at radius 1 is 0.875 bits per heavy atom. The molecule has 0 radical (unpaired) electrons. The molecule has 40 heavy (non-hydrogen) atoms. The molecular weight excluding hydrogens is 523 g/mol. The lowest BCUT2D eigenvalue weighted by Crippen LogP contribution is -2.27. The summed E-state index contributed by atoms with van der Waals surface area (Å²) in [5, 5.41) is 6.70. The van der Waals surface area contributed by atoms with Gasteiger partial charge in [-0.1, -0.05) is 12.1 Å². The first-order chi connectivity index (χ1) is 19.2. The Hall–Kier alpha value is -5.39. The van der Waals surface area contributed by atoms with E-state index in [1.54, 1.807) is 55.7 Å².